The van der Waals surface area contributed by atoms with Gasteiger partial charge >= 0.3 is 12.1 Å². The number of methoxy groups -OCH3 is 1. The molecule has 0 saturated carbocycles. The number of carbonyl (C=O) groups is 5. The molecule has 0 aromatic heterocycles. The van der Waals surface area contributed by atoms with Gasteiger partial charge in [0.05, 0.1) is 13.7 Å². The third kappa shape index (κ3) is 9.73. The molecule has 1 fully saturated rings. The fourth-order valence-electron chi connectivity index (χ4n) is 6.74. The molecule has 1 saturated heterocycles. The van der Waals surface area contributed by atoms with E-state index in [1.54, 1.807) is 37.8 Å². The monoisotopic (exact) mass is 733 g/mol. The van der Waals surface area contributed by atoms with Crippen LogP contribution in [0.5, 0.6) is 0 Å². The zero-order valence-corrected chi connectivity index (χ0v) is 31.0. The van der Waals surface area contributed by atoms with E-state index < -0.39 is 41.2 Å². The summed E-state index contributed by atoms with van der Waals surface area (Å²) in [4.78, 5) is 70.7. The molecule has 2 atom stereocenters. The summed E-state index contributed by atoms with van der Waals surface area (Å²) in [5.74, 6) is -1.71. The fraction of sp³-hybridized carbons (Fsp3) is 0.462. The van der Waals surface area contributed by atoms with Crippen molar-refractivity contribution in [3.8, 4) is 0 Å². The second-order valence-electron chi connectivity index (χ2n) is 14.4. The summed E-state index contributed by atoms with van der Waals surface area (Å²) >= 11 is 6.16. The maximum Gasteiger partial charge on any atom is 0.411 e. The highest BCUT2D eigenvalue weighted by Gasteiger charge is 2.44. The largest absolute Gasteiger partial charge is 0.468 e. The summed E-state index contributed by atoms with van der Waals surface area (Å²) in [6, 6.07) is 12.8. The number of piperidine rings is 1. The highest BCUT2D eigenvalue weighted by atomic mass is 35.5. The first-order chi connectivity index (χ1) is 24.8. The zero-order valence-electron chi connectivity index (χ0n) is 30.2. The van der Waals surface area contributed by atoms with Gasteiger partial charge in [-0.25, -0.2) is 4.79 Å². The van der Waals surface area contributed by atoms with E-state index in [0.717, 1.165) is 35.2 Å². The first-order valence-electron chi connectivity index (χ1n) is 17.7. The van der Waals surface area contributed by atoms with Crippen molar-refractivity contribution >= 4 is 41.4 Å². The van der Waals surface area contributed by atoms with Crippen LogP contribution in [0.25, 0.3) is 0 Å². The van der Waals surface area contributed by atoms with Gasteiger partial charge in [0.15, 0.2) is 0 Å². The minimum atomic E-state index is -1.07. The van der Waals surface area contributed by atoms with Crippen molar-refractivity contribution in [1.82, 2.24) is 25.8 Å². The van der Waals surface area contributed by atoms with Crippen molar-refractivity contribution in [1.29, 1.82) is 0 Å². The van der Waals surface area contributed by atoms with Crippen molar-refractivity contribution in [2.75, 3.05) is 26.7 Å². The molecule has 5 rings (SSSR count). The molecular formula is C39H48ClN5O7. The van der Waals surface area contributed by atoms with Crippen LogP contribution in [-0.2, 0) is 48.0 Å². The molecule has 0 radical (unpaired) electrons. The average molecular weight is 734 g/mol. The molecule has 1 aliphatic carbocycles. The summed E-state index contributed by atoms with van der Waals surface area (Å²) in [6.45, 7) is 5.66. The van der Waals surface area contributed by atoms with Crippen molar-refractivity contribution in [3.63, 3.8) is 0 Å². The van der Waals surface area contributed by atoms with Gasteiger partial charge < -0.3 is 30.3 Å². The Labute approximate surface area is 309 Å². The predicted molar refractivity (Wildman–Crippen MR) is 196 cm³/mol. The van der Waals surface area contributed by atoms with Crippen molar-refractivity contribution in [2.24, 2.45) is 0 Å². The van der Waals surface area contributed by atoms with E-state index in [9.17, 15) is 24.0 Å². The predicted octanol–water partition coefficient (Wildman–Crippen LogP) is 4.20. The molecule has 278 valence electrons. The molecule has 0 unspecified atom stereocenters. The molecule has 12 nitrogen and oxygen atoms in total. The summed E-state index contributed by atoms with van der Waals surface area (Å²) < 4.78 is 10.4. The Morgan fingerprint density at radius 3 is 2.33 bits per heavy atom. The molecule has 52 heavy (non-hydrogen) atoms. The lowest BCUT2D eigenvalue weighted by molar-refractivity contribution is -0.143. The normalized spacial score (nSPS) is 18.6. The number of esters is 1. The highest BCUT2D eigenvalue weighted by Crippen LogP contribution is 2.28. The number of fused-ring (bicyclic) bond motifs is 1. The summed E-state index contributed by atoms with van der Waals surface area (Å²) in [5, 5.41) is 9.68. The summed E-state index contributed by atoms with van der Waals surface area (Å²) in [7, 11) is 1.26. The van der Waals surface area contributed by atoms with Crippen LogP contribution < -0.4 is 16.0 Å². The Morgan fingerprint density at radius 1 is 1.00 bits per heavy atom. The third-order valence-corrected chi connectivity index (χ3v) is 9.80. The molecule has 2 heterocycles. The van der Waals surface area contributed by atoms with Gasteiger partial charge in [0, 0.05) is 36.7 Å². The Kier molecular flexibility index (Phi) is 12.3. The van der Waals surface area contributed by atoms with E-state index in [-0.39, 0.29) is 63.7 Å². The molecule has 13 heteroatoms. The number of allylic oxidation sites excluding steroid dienone is 4. The lowest BCUT2D eigenvalue weighted by Crippen LogP contribution is -2.64. The number of nitrogens with zero attached hydrogens (tertiary/aromatic N) is 2. The second kappa shape index (κ2) is 16.7. The van der Waals surface area contributed by atoms with E-state index in [0.29, 0.717) is 5.02 Å². The molecule has 3 N–H and O–H groups in total. The molecule has 4 amide bonds. The van der Waals surface area contributed by atoms with Gasteiger partial charge in [0.1, 0.15) is 29.8 Å². The topological polar surface area (TPSA) is 146 Å². The van der Waals surface area contributed by atoms with E-state index in [1.165, 1.54) is 12.0 Å². The first kappa shape index (κ1) is 38.4. The van der Waals surface area contributed by atoms with Gasteiger partial charge in [-0.15, -0.1) is 0 Å². The number of ether oxygens (including phenoxy) is 2. The van der Waals surface area contributed by atoms with Gasteiger partial charge in [0.25, 0.3) is 0 Å². The Hall–Kier alpha value is -4.84. The molecule has 2 aromatic rings. The van der Waals surface area contributed by atoms with Crippen LogP contribution in [0.4, 0.5) is 4.79 Å². The number of rotatable bonds is 10. The maximum absolute atomic E-state index is 14.4. The number of halogens is 1. The Balaban J connectivity index is 1.37. The van der Waals surface area contributed by atoms with Gasteiger partial charge in [-0.1, -0.05) is 60.2 Å². The van der Waals surface area contributed by atoms with Crippen molar-refractivity contribution < 1.29 is 33.4 Å². The molecule has 3 aliphatic rings. The molecule has 0 spiro atoms. The average Bonchev–Trinajstić information content (AvgIpc) is 3.13. The quantitative estimate of drug-likeness (QED) is 0.308. The highest BCUT2D eigenvalue weighted by molar-refractivity contribution is 6.30. The SMILES string of the molecule is COC(=O)CNC(=O)C1(NC2=CC=CCC2)CCN(C(=O)[C@@H](Cc2ccc(Cl)cc2)NC(=O)[C@H]2Cc3ccccc3CN2C(=O)OC(C)(C)C)CC1. The zero-order chi connectivity index (χ0) is 37.5. The maximum atomic E-state index is 14.4. The standard InChI is InChI=1S/C39H48ClN5O7/c1-38(2,3)52-37(50)45-25-28-11-9-8-10-27(28)23-32(45)34(47)42-31(22-26-14-16-29(40)17-15-26)35(48)44-20-18-39(19-21-44,36(49)41-24-33(46)51-4)43-30-12-6-5-7-13-30/h5-6,8-12,14-17,31-32,43H,7,13,18-25H2,1-4H3,(H,41,49)(H,42,47)/t31-,32-/m1/s1. The van der Waals surface area contributed by atoms with Crippen LogP contribution in [-0.4, -0.2) is 89.6 Å². The van der Waals surface area contributed by atoms with Crippen LogP contribution in [0.2, 0.25) is 5.02 Å². The number of likely N-dealkylation sites (tertiary alicyclic amines) is 1. The number of benzene rings is 2. The van der Waals surface area contributed by atoms with Gasteiger partial charge in [-0.2, -0.15) is 0 Å². The van der Waals surface area contributed by atoms with E-state index >= 15 is 0 Å². The smallest absolute Gasteiger partial charge is 0.411 e. The molecule has 0 bridgehead atoms. The number of hydrogen-bond acceptors (Lipinski definition) is 8. The van der Waals surface area contributed by atoms with Gasteiger partial charge in [0.2, 0.25) is 17.7 Å². The number of nitrogens with one attached hydrogen (secondary N) is 3. The fourth-order valence-corrected chi connectivity index (χ4v) is 6.87. The van der Waals surface area contributed by atoms with Crippen LogP contribution in [0.1, 0.15) is 63.1 Å². The minimum Gasteiger partial charge on any atom is -0.468 e. The van der Waals surface area contributed by atoms with E-state index in [1.807, 2.05) is 54.6 Å². The van der Waals surface area contributed by atoms with E-state index in [4.69, 9.17) is 21.1 Å². The molecule has 2 aromatic carbocycles. The van der Waals surface area contributed by atoms with Gasteiger partial charge in [-0.3, -0.25) is 24.1 Å². The van der Waals surface area contributed by atoms with Crippen molar-refractivity contribution in [2.45, 2.75) is 89.1 Å². The van der Waals surface area contributed by atoms with Crippen LogP contribution in [0.15, 0.2) is 72.5 Å². The first-order valence-corrected chi connectivity index (χ1v) is 18.0. The van der Waals surface area contributed by atoms with E-state index in [2.05, 4.69) is 16.0 Å². The summed E-state index contributed by atoms with van der Waals surface area (Å²) in [6.07, 6.45) is 7.81. The van der Waals surface area contributed by atoms with Crippen LogP contribution >= 0.6 is 11.6 Å². The second-order valence-corrected chi connectivity index (χ2v) is 14.9. The number of hydrogen-bond donors (Lipinski definition) is 3. The lowest BCUT2D eigenvalue weighted by Gasteiger charge is -2.43. The number of carbonyl (C=O) groups excluding carboxylic acids is 5. The van der Waals surface area contributed by atoms with Crippen LogP contribution in [0.3, 0.4) is 0 Å². The minimum absolute atomic E-state index is 0.177. The lowest BCUT2D eigenvalue weighted by atomic mass is 9.85. The summed E-state index contributed by atoms with van der Waals surface area (Å²) in [5.41, 5.74) is 1.70. The van der Waals surface area contributed by atoms with Crippen LogP contribution in [0, 0.1) is 0 Å². The van der Waals surface area contributed by atoms with Gasteiger partial charge in [-0.05, 0) is 81.4 Å². The van der Waals surface area contributed by atoms with Crippen molar-refractivity contribution in [3.05, 3.63) is 94.2 Å². The molecule has 2 aliphatic heterocycles. The Morgan fingerprint density at radius 2 is 1.69 bits per heavy atom. The number of amides is 4. The molecular weight excluding hydrogens is 686 g/mol. The Bertz CT molecular complexity index is 1710. The third-order valence-electron chi connectivity index (χ3n) is 9.54.